The number of alkyl halides is 9. The second-order valence-corrected chi connectivity index (χ2v) is 9.31. The van der Waals surface area contributed by atoms with Crippen LogP contribution in [0.1, 0.15) is 24.3 Å². The average molecular weight is 659 g/mol. The fraction of sp³-hybridized carbons (Fsp3) is 0.583. The first-order valence-corrected chi connectivity index (χ1v) is 12.4. The van der Waals surface area contributed by atoms with Gasteiger partial charge in [0.1, 0.15) is 0 Å². The summed E-state index contributed by atoms with van der Waals surface area (Å²) in [5.41, 5.74) is 7.92. The molecule has 0 aliphatic carbocycles. The van der Waals surface area contributed by atoms with E-state index in [1.807, 2.05) is 17.0 Å². The number of likely N-dealkylation sites (tertiary alicyclic amines) is 1. The second kappa shape index (κ2) is 17.5. The lowest BCUT2D eigenvalue weighted by molar-refractivity contribution is -0.193. The van der Waals surface area contributed by atoms with Gasteiger partial charge in [-0.1, -0.05) is 12.1 Å². The molecule has 252 valence electrons. The largest absolute Gasteiger partial charge is 0.490 e. The summed E-state index contributed by atoms with van der Waals surface area (Å²) in [5.74, 6) is -7.42. The van der Waals surface area contributed by atoms with Gasteiger partial charge >= 0.3 is 36.4 Å². The number of halogens is 9. The number of likely N-dealkylation sites (N-methyl/N-ethyl adjacent to an activating group) is 1. The van der Waals surface area contributed by atoms with Crippen LogP contribution in [-0.2, 0) is 19.2 Å². The molecule has 20 heteroatoms. The van der Waals surface area contributed by atoms with Crippen molar-refractivity contribution in [3.8, 4) is 0 Å². The fourth-order valence-electron chi connectivity index (χ4n) is 3.53. The second-order valence-electron chi connectivity index (χ2n) is 9.31. The number of carboxylic acids is 3. The maximum absolute atomic E-state index is 12.5. The third-order valence-corrected chi connectivity index (χ3v) is 5.94. The van der Waals surface area contributed by atoms with E-state index >= 15 is 0 Å². The van der Waals surface area contributed by atoms with E-state index in [4.69, 9.17) is 35.4 Å². The Morgan fingerprint density at radius 2 is 1.05 bits per heavy atom. The molecule has 2 heterocycles. The van der Waals surface area contributed by atoms with Crippen molar-refractivity contribution in [3.05, 3.63) is 29.8 Å². The van der Waals surface area contributed by atoms with Crippen molar-refractivity contribution in [2.24, 2.45) is 0 Å². The summed E-state index contributed by atoms with van der Waals surface area (Å²) in [7, 11) is 2.14. The summed E-state index contributed by atoms with van der Waals surface area (Å²) in [6.07, 6.45) is -13.1. The van der Waals surface area contributed by atoms with E-state index in [-0.39, 0.29) is 0 Å². The monoisotopic (exact) mass is 658 g/mol. The molecule has 0 bridgehead atoms. The zero-order valence-electron chi connectivity index (χ0n) is 23.0. The van der Waals surface area contributed by atoms with Gasteiger partial charge in [0, 0.05) is 45.0 Å². The number of anilines is 1. The van der Waals surface area contributed by atoms with Crippen LogP contribution in [0.15, 0.2) is 24.3 Å². The quantitative estimate of drug-likeness (QED) is 0.280. The minimum Gasteiger partial charge on any atom is -0.475 e. The number of piperidine rings is 1. The third-order valence-electron chi connectivity index (χ3n) is 5.94. The van der Waals surface area contributed by atoms with Crippen LogP contribution in [0.2, 0.25) is 0 Å². The SMILES string of the molecule is CN1CCN(CC(=O)N2CCC(c3ccc(N)cc3)CC2)CC1.O=C(O)C(F)(F)F.O=C(O)C(F)(F)F.O=C(O)C(F)(F)F. The molecule has 0 aromatic heterocycles. The van der Waals surface area contributed by atoms with Crippen LogP contribution in [0.25, 0.3) is 0 Å². The molecule has 1 amide bonds. The van der Waals surface area contributed by atoms with Crippen LogP contribution in [0.3, 0.4) is 0 Å². The number of hydrogen-bond acceptors (Lipinski definition) is 7. The van der Waals surface area contributed by atoms with Gasteiger partial charge < -0.3 is 30.9 Å². The van der Waals surface area contributed by atoms with Crippen molar-refractivity contribution in [2.75, 3.05) is 58.6 Å². The number of hydrogen-bond donors (Lipinski definition) is 4. The van der Waals surface area contributed by atoms with E-state index in [1.54, 1.807) is 0 Å². The number of nitrogens with two attached hydrogens (primary N) is 1. The Morgan fingerprint density at radius 3 is 1.36 bits per heavy atom. The number of amides is 1. The first kappa shape index (κ1) is 40.2. The lowest BCUT2D eigenvalue weighted by Gasteiger charge is -2.36. The first-order chi connectivity index (χ1) is 19.9. The van der Waals surface area contributed by atoms with Gasteiger partial charge in [0.25, 0.3) is 0 Å². The molecule has 1 aromatic carbocycles. The zero-order valence-corrected chi connectivity index (χ0v) is 23.0. The maximum atomic E-state index is 12.5. The summed E-state index contributed by atoms with van der Waals surface area (Å²) in [6.45, 7) is 6.47. The summed E-state index contributed by atoms with van der Waals surface area (Å²) in [6, 6.07) is 8.20. The van der Waals surface area contributed by atoms with Gasteiger partial charge in [-0.3, -0.25) is 9.69 Å². The number of carboxylic acid groups (broad SMARTS) is 3. The highest BCUT2D eigenvalue weighted by Gasteiger charge is 2.39. The molecule has 0 saturated carbocycles. The standard InChI is InChI=1S/C18H28N4O.3C2HF3O2/c1-20-10-12-21(13-11-20)14-18(23)22-8-6-16(7-9-22)15-2-4-17(19)5-3-15;3*3-2(4,5)1(6)7/h2-5,16H,6-14,19H2,1H3;3*(H,6,7). The molecule has 44 heavy (non-hydrogen) atoms. The summed E-state index contributed by atoms with van der Waals surface area (Å²) in [4.78, 5) is 45.8. The molecule has 5 N–H and O–H groups in total. The highest BCUT2D eigenvalue weighted by atomic mass is 19.4. The van der Waals surface area contributed by atoms with Crippen molar-refractivity contribution >= 4 is 29.5 Å². The number of benzene rings is 1. The molecule has 11 nitrogen and oxygen atoms in total. The number of aliphatic carboxylic acids is 3. The van der Waals surface area contributed by atoms with Gasteiger partial charge in [0.05, 0.1) is 6.54 Å². The van der Waals surface area contributed by atoms with E-state index < -0.39 is 36.4 Å². The Hall–Kier alpha value is -3.81. The third kappa shape index (κ3) is 16.7. The summed E-state index contributed by atoms with van der Waals surface area (Å²) >= 11 is 0. The van der Waals surface area contributed by atoms with E-state index in [0.717, 1.165) is 57.8 Å². The number of nitrogen functional groups attached to an aromatic ring is 1. The average Bonchev–Trinajstić information content (AvgIpc) is 2.90. The van der Waals surface area contributed by atoms with E-state index in [9.17, 15) is 44.3 Å². The molecule has 2 aliphatic heterocycles. The van der Waals surface area contributed by atoms with E-state index in [0.29, 0.717) is 18.4 Å². The van der Waals surface area contributed by atoms with Gasteiger partial charge in [0.15, 0.2) is 0 Å². The van der Waals surface area contributed by atoms with Crippen LogP contribution in [0, 0.1) is 0 Å². The minimum atomic E-state index is -5.08. The topological polar surface area (TPSA) is 165 Å². The number of rotatable bonds is 3. The highest BCUT2D eigenvalue weighted by Crippen LogP contribution is 2.28. The molecular weight excluding hydrogens is 627 g/mol. The zero-order chi connectivity index (χ0) is 34.5. The Bertz CT molecular complexity index is 1010. The van der Waals surface area contributed by atoms with Crippen molar-refractivity contribution in [1.82, 2.24) is 14.7 Å². The van der Waals surface area contributed by atoms with Crippen LogP contribution in [0.5, 0.6) is 0 Å². The molecule has 2 saturated heterocycles. The molecule has 0 unspecified atom stereocenters. The van der Waals surface area contributed by atoms with Crippen molar-refractivity contribution in [1.29, 1.82) is 0 Å². The molecule has 3 rings (SSSR count). The molecule has 2 aliphatic rings. The predicted molar refractivity (Wildman–Crippen MR) is 134 cm³/mol. The van der Waals surface area contributed by atoms with Gasteiger partial charge in [-0.25, -0.2) is 14.4 Å². The Labute approximate surface area is 244 Å². The summed E-state index contributed by atoms with van der Waals surface area (Å²) < 4.78 is 95.2. The fourth-order valence-corrected chi connectivity index (χ4v) is 3.53. The van der Waals surface area contributed by atoms with Gasteiger partial charge in [-0.15, -0.1) is 0 Å². The van der Waals surface area contributed by atoms with Gasteiger partial charge in [-0.05, 0) is 43.5 Å². The number of carbonyl (C=O) groups is 4. The van der Waals surface area contributed by atoms with Crippen molar-refractivity contribution in [2.45, 2.75) is 37.3 Å². The molecule has 1 aromatic rings. The van der Waals surface area contributed by atoms with Crippen LogP contribution in [0.4, 0.5) is 45.2 Å². The van der Waals surface area contributed by atoms with E-state index in [1.165, 1.54) is 5.56 Å². The van der Waals surface area contributed by atoms with E-state index in [2.05, 4.69) is 29.0 Å². The lowest BCUT2D eigenvalue weighted by Crippen LogP contribution is -2.50. The minimum absolute atomic E-state index is 0.297. The smallest absolute Gasteiger partial charge is 0.475 e. The highest BCUT2D eigenvalue weighted by molar-refractivity contribution is 5.78. The van der Waals surface area contributed by atoms with Crippen molar-refractivity contribution < 1.29 is 74.0 Å². The molecular formula is C24H31F9N4O7. The molecule has 2 fully saturated rings. The Kier molecular flexibility index (Phi) is 16.0. The summed E-state index contributed by atoms with van der Waals surface area (Å²) in [5, 5.41) is 21.4. The Balaban J connectivity index is 0.000000721. The van der Waals surface area contributed by atoms with Crippen molar-refractivity contribution in [3.63, 3.8) is 0 Å². The number of nitrogens with zero attached hydrogens (tertiary/aromatic N) is 3. The predicted octanol–water partition coefficient (Wildman–Crippen LogP) is 3.12. The van der Waals surface area contributed by atoms with Crippen LogP contribution in [-0.4, -0.2) is 125 Å². The van der Waals surface area contributed by atoms with Gasteiger partial charge in [-0.2, -0.15) is 39.5 Å². The van der Waals surface area contributed by atoms with Crippen LogP contribution < -0.4 is 5.73 Å². The number of carbonyl (C=O) groups excluding carboxylic acids is 1. The van der Waals surface area contributed by atoms with Gasteiger partial charge in [0.2, 0.25) is 5.91 Å². The maximum Gasteiger partial charge on any atom is 0.490 e. The molecule has 0 radical (unpaired) electrons. The number of piperazine rings is 1. The first-order valence-electron chi connectivity index (χ1n) is 12.4. The lowest BCUT2D eigenvalue weighted by atomic mass is 9.89. The molecule has 0 atom stereocenters. The Morgan fingerprint density at radius 1 is 0.705 bits per heavy atom. The van der Waals surface area contributed by atoms with Crippen LogP contribution >= 0.6 is 0 Å². The molecule has 0 spiro atoms. The normalized spacial score (nSPS) is 16.6.